The van der Waals surface area contributed by atoms with Crippen LogP contribution >= 0.6 is 0 Å². The van der Waals surface area contributed by atoms with Crippen molar-refractivity contribution < 1.29 is 19.1 Å². The van der Waals surface area contributed by atoms with E-state index in [2.05, 4.69) is 10.3 Å². The second kappa shape index (κ2) is 6.93. The van der Waals surface area contributed by atoms with Crippen molar-refractivity contribution in [2.75, 3.05) is 13.2 Å². The average molecular weight is 316 g/mol. The Balaban J connectivity index is 1.66. The highest BCUT2D eigenvalue weighted by atomic mass is 16.5. The van der Waals surface area contributed by atoms with Crippen LogP contribution in [-0.4, -0.2) is 41.4 Å². The van der Waals surface area contributed by atoms with Crippen molar-refractivity contribution in [3.8, 4) is 11.3 Å². The summed E-state index contributed by atoms with van der Waals surface area (Å²) in [5.41, 5.74) is 2.13. The van der Waals surface area contributed by atoms with Gasteiger partial charge in [-0.15, -0.1) is 0 Å². The molecule has 1 saturated heterocycles. The van der Waals surface area contributed by atoms with Crippen molar-refractivity contribution in [3.63, 3.8) is 0 Å². The lowest BCUT2D eigenvalue weighted by atomic mass is 10.1. The number of aliphatic hydroxyl groups is 1. The Morgan fingerprint density at radius 2 is 2.22 bits per heavy atom. The molecule has 1 aromatic carbocycles. The van der Waals surface area contributed by atoms with Crippen LogP contribution in [0.3, 0.4) is 0 Å². The maximum atomic E-state index is 12.3. The molecule has 6 heteroatoms. The Hall–Kier alpha value is -2.18. The molecule has 3 rings (SSSR count). The van der Waals surface area contributed by atoms with E-state index < -0.39 is 6.10 Å². The quantitative estimate of drug-likeness (QED) is 0.880. The molecule has 23 heavy (non-hydrogen) atoms. The predicted octanol–water partition coefficient (Wildman–Crippen LogP) is 1.92. The third-order valence-electron chi connectivity index (χ3n) is 3.96. The summed E-state index contributed by atoms with van der Waals surface area (Å²) in [6.07, 6.45) is 2.09. The summed E-state index contributed by atoms with van der Waals surface area (Å²) in [4.78, 5) is 16.3. The average Bonchev–Trinajstić information content (AvgIpc) is 3.24. The topological polar surface area (TPSA) is 84.6 Å². The fourth-order valence-corrected chi connectivity index (χ4v) is 2.64. The van der Waals surface area contributed by atoms with Gasteiger partial charge in [0.15, 0.2) is 17.8 Å². The van der Waals surface area contributed by atoms with Gasteiger partial charge in [0.05, 0.1) is 12.2 Å². The van der Waals surface area contributed by atoms with E-state index in [1.807, 2.05) is 31.2 Å². The number of nitrogens with zero attached hydrogens (tertiary/aromatic N) is 1. The van der Waals surface area contributed by atoms with Gasteiger partial charge in [-0.3, -0.25) is 4.79 Å². The fraction of sp³-hybridized carbons (Fsp3) is 0.412. The summed E-state index contributed by atoms with van der Waals surface area (Å²) >= 11 is 0. The van der Waals surface area contributed by atoms with Crippen LogP contribution in [0.2, 0.25) is 0 Å². The van der Waals surface area contributed by atoms with Gasteiger partial charge in [0, 0.05) is 18.7 Å². The van der Waals surface area contributed by atoms with Gasteiger partial charge in [-0.05, 0) is 19.8 Å². The monoisotopic (exact) mass is 316 g/mol. The maximum Gasteiger partial charge on any atom is 0.274 e. The summed E-state index contributed by atoms with van der Waals surface area (Å²) in [5, 5.41) is 12.7. The van der Waals surface area contributed by atoms with Gasteiger partial charge in [0.2, 0.25) is 0 Å². The molecule has 1 amide bonds. The molecule has 0 radical (unpaired) electrons. The molecule has 1 aliphatic heterocycles. The van der Waals surface area contributed by atoms with E-state index in [-0.39, 0.29) is 24.2 Å². The number of ether oxygens (including phenoxy) is 1. The van der Waals surface area contributed by atoms with E-state index in [1.54, 1.807) is 0 Å². The minimum absolute atomic E-state index is 0.129. The molecular formula is C17H20N2O4. The number of nitrogens with one attached hydrogen (secondary N) is 1. The number of carbonyl (C=O) groups excluding carboxylic acids is 1. The molecular weight excluding hydrogens is 296 g/mol. The third-order valence-corrected chi connectivity index (χ3v) is 3.96. The Morgan fingerprint density at radius 1 is 1.43 bits per heavy atom. The van der Waals surface area contributed by atoms with E-state index in [0.29, 0.717) is 12.4 Å². The minimum atomic E-state index is -0.712. The smallest absolute Gasteiger partial charge is 0.274 e. The fourth-order valence-electron chi connectivity index (χ4n) is 2.64. The Bertz CT molecular complexity index is 659. The lowest BCUT2D eigenvalue weighted by Crippen LogP contribution is -2.38. The number of hydrogen-bond acceptors (Lipinski definition) is 5. The number of aromatic nitrogens is 1. The van der Waals surface area contributed by atoms with Gasteiger partial charge in [-0.25, -0.2) is 4.98 Å². The molecule has 1 aliphatic rings. The Morgan fingerprint density at radius 3 is 2.91 bits per heavy atom. The van der Waals surface area contributed by atoms with Crippen LogP contribution in [0.25, 0.3) is 11.3 Å². The Labute approximate surface area is 134 Å². The van der Waals surface area contributed by atoms with E-state index in [0.717, 1.165) is 24.0 Å². The lowest BCUT2D eigenvalue weighted by molar-refractivity contribution is -0.0000975. The molecule has 0 aliphatic carbocycles. The van der Waals surface area contributed by atoms with Crippen LogP contribution in [0.4, 0.5) is 0 Å². The van der Waals surface area contributed by atoms with E-state index in [1.165, 1.54) is 6.39 Å². The minimum Gasteiger partial charge on any atom is -0.443 e. The van der Waals surface area contributed by atoms with Crippen molar-refractivity contribution in [1.29, 1.82) is 0 Å². The van der Waals surface area contributed by atoms with Gasteiger partial charge in [0.25, 0.3) is 5.91 Å². The van der Waals surface area contributed by atoms with Gasteiger partial charge < -0.3 is 19.6 Å². The number of oxazole rings is 1. The highest BCUT2D eigenvalue weighted by Crippen LogP contribution is 2.23. The van der Waals surface area contributed by atoms with Crippen molar-refractivity contribution >= 4 is 5.91 Å². The molecule has 0 saturated carbocycles. The number of benzene rings is 1. The van der Waals surface area contributed by atoms with Crippen LogP contribution in [0.1, 0.15) is 28.9 Å². The highest BCUT2D eigenvalue weighted by molar-refractivity contribution is 5.97. The predicted molar refractivity (Wildman–Crippen MR) is 84.0 cm³/mol. The van der Waals surface area contributed by atoms with Gasteiger partial charge >= 0.3 is 0 Å². The van der Waals surface area contributed by atoms with E-state index >= 15 is 0 Å². The zero-order valence-corrected chi connectivity index (χ0v) is 13.0. The largest absolute Gasteiger partial charge is 0.443 e. The SMILES string of the molecule is Cc1ccc(-c2ocnc2C(=O)NCC(O)C2CCCO2)cc1. The Kier molecular flexibility index (Phi) is 4.73. The van der Waals surface area contributed by atoms with E-state index in [4.69, 9.17) is 9.15 Å². The number of rotatable bonds is 5. The van der Waals surface area contributed by atoms with Crippen LogP contribution < -0.4 is 5.32 Å². The van der Waals surface area contributed by atoms with Gasteiger partial charge in [-0.1, -0.05) is 29.8 Å². The standard InChI is InChI=1S/C17H20N2O4/c1-11-4-6-12(7-5-11)16-15(19-10-23-16)17(21)18-9-13(20)14-3-2-8-22-14/h4-7,10,13-14,20H,2-3,8-9H2,1H3,(H,18,21). The molecule has 2 aromatic rings. The summed E-state index contributed by atoms with van der Waals surface area (Å²) in [7, 11) is 0. The number of carbonyl (C=O) groups is 1. The third kappa shape index (κ3) is 3.60. The van der Waals surface area contributed by atoms with Crippen molar-refractivity contribution in [3.05, 3.63) is 41.9 Å². The molecule has 2 atom stereocenters. The first-order chi connectivity index (χ1) is 11.1. The summed E-state index contributed by atoms with van der Waals surface area (Å²) in [6, 6.07) is 7.66. The summed E-state index contributed by atoms with van der Waals surface area (Å²) < 4.78 is 10.8. The first-order valence-electron chi connectivity index (χ1n) is 7.73. The molecule has 1 aromatic heterocycles. The molecule has 2 N–H and O–H groups in total. The number of hydrogen-bond donors (Lipinski definition) is 2. The van der Waals surface area contributed by atoms with Crippen LogP contribution in [0, 0.1) is 6.92 Å². The van der Waals surface area contributed by atoms with Crippen molar-refractivity contribution in [2.45, 2.75) is 32.0 Å². The lowest BCUT2D eigenvalue weighted by Gasteiger charge is -2.17. The molecule has 2 heterocycles. The van der Waals surface area contributed by atoms with Crippen LogP contribution in [0.15, 0.2) is 35.1 Å². The molecule has 0 bridgehead atoms. The number of aliphatic hydroxyl groups excluding tert-OH is 1. The number of amides is 1. The van der Waals surface area contributed by atoms with Crippen molar-refractivity contribution in [2.24, 2.45) is 0 Å². The summed E-state index contributed by atoms with van der Waals surface area (Å²) in [5.74, 6) is 0.0560. The van der Waals surface area contributed by atoms with Crippen LogP contribution in [-0.2, 0) is 4.74 Å². The molecule has 0 spiro atoms. The summed E-state index contributed by atoms with van der Waals surface area (Å²) in [6.45, 7) is 2.78. The zero-order valence-electron chi connectivity index (χ0n) is 13.0. The first-order valence-corrected chi connectivity index (χ1v) is 7.73. The van der Waals surface area contributed by atoms with Crippen LogP contribution in [0.5, 0.6) is 0 Å². The zero-order chi connectivity index (χ0) is 16.2. The van der Waals surface area contributed by atoms with Gasteiger partial charge in [0.1, 0.15) is 0 Å². The second-order valence-electron chi connectivity index (χ2n) is 5.72. The van der Waals surface area contributed by atoms with E-state index in [9.17, 15) is 9.90 Å². The number of aryl methyl sites for hydroxylation is 1. The highest BCUT2D eigenvalue weighted by Gasteiger charge is 2.25. The molecule has 1 fully saturated rings. The first kappa shape index (κ1) is 15.7. The van der Waals surface area contributed by atoms with Crippen molar-refractivity contribution in [1.82, 2.24) is 10.3 Å². The molecule has 122 valence electrons. The van der Waals surface area contributed by atoms with Gasteiger partial charge in [-0.2, -0.15) is 0 Å². The normalized spacial score (nSPS) is 18.8. The molecule has 6 nitrogen and oxygen atoms in total. The maximum absolute atomic E-state index is 12.3. The molecule has 2 unspecified atom stereocenters. The second-order valence-corrected chi connectivity index (χ2v) is 5.72.